The van der Waals surface area contributed by atoms with E-state index in [2.05, 4.69) is 0 Å². The fraction of sp³-hybridized carbons (Fsp3) is 0.538. The highest BCUT2D eigenvalue weighted by atomic mass is 32.2. The smallest absolute Gasteiger partial charge is 0.213 e. The van der Waals surface area contributed by atoms with Crippen LogP contribution in [0.25, 0.3) is 0 Å². The second-order valence-electron chi connectivity index (χ2n) is 4.27. The molecule has 0 aliphatic carbocycles. The Hall–Kier alpha value is -1.27. The van der Waals surface area contributed by atoms with Crippen LogP contribution in [0.3, 0.4) is 0 Å². The van der Waals surface area contributed by atoms with Gasteiger partial charge in [0.15, 0.2) is 11.5 Å². The van der Waals surface area contributed by atoms with E-state index in [9.17, 15) is 8.42 Å². The lowest BCUT2D eigenvalue weighted by Gasteiger charge is -2.13. The van der Waals surface area contributed by atoms with Crippen LogP contribution in [0.5, 0.6) is 11.5 Å². The number of aryl methyl sites for hydroxylation is 1. The van der Waals surface area contributed by atoms with Crippen molar-refractivity contribution in [2.24, 2.45) is 0 Å². The Bertz CT molecular complexity index is 511. The number of ether oxygens (including phenoxy) is 2. The molecule has 19 heavy (non-hydrogen) atoms. The molecule has 0 unspecified atom stereocenters. The van der Waals surface area contributed by atoms with Crippen LogP contribution in [-0.2, 0) is 16.4 Å². The van der Waals surface area contributed by atoms with Crippen molar-refractivity contribution in [3.63, 3.8) is 0 Å². The Morgan fingerprint density at radius 2 is 1.89 bits per heavy atom. The number of nitrogens with zero attached hydrogens (tertiary/aromatic N) is 1. The van der Waals surface area contributed by atoms with Gasteiger partial charge in [0.05, 0.1) is 19.5 Å². The summed E-state index contributed by atoms with van der Waals surface area (Å²) in [5.74, 6) is 1.38. The van der Waals surface area contributed by atoms with E-state index in [0.717, 1.165) is 5.56 Å². The molecule has 0 atom stereocenters. The first-order chi connectivity index (χ1) is 8.90. The Labute approximate surface area is 115 Å². The van der Waals surface area contributed by atoms with Gasteiger partial charge >= 0.3 is 0 Å². The number of benzene rings is 1. The van der Waals surface area contributed by atoms with E-state index in [0.29, 0.717) is 24.5 Å². The Balaban J connectivity index is 2.83. The fourth-order valence-corrected chi connectivity index (χ4v) is 2.43. The number of hydrogen-bond acceptors (Lipinski definition) is 4. The number of hydrogen-bond donors (Lipinski definition) is 0. The van der Waals surface area contributed by atoms with Crippen molar-refractivity contribution in [3.05, 3.63) is 23.8 Å². The van der Waals surface area contributed by atoms with Gasteiger partial charge in [-0.3, -0.25) is 0 Å². The maximum Gasteiger partial charge on any atom is 0.213 e. The lowest BCUT2D eigenvalue weighted by Crippen LogP contribution is -2.26. The van der Waals surface area contributed by atoms with Gasteiger partial charge < -0.3 is 9.47 Å². The van der Waals surface area contributed by atoms with E-state index in [1.807, 2.05) is 19.1 Å². The highest BCUT2D eigenvalue weighted by molar-refractivity contribution is 7.89. The average Bonchev–Trinajstić information content (AvgIpc) is 2.37. The normalized spacial score (nSPS) is 11.6. The summed E-state index contributed by atoms with van der Waals surface area (Å²) in [6.45, 7) is 2.43. The van der Waals surface area contributed by atoms with Crippen molar-refractivity contribution in [2.45, 2.75) is 13.3 Å². The van der Waals surface area contributed by atoms with Crippen LogP contribution in [0.1, 0.15) is 12.5 Å². The highest BCUT2D eigenvalue weighted by Crippen LogP contribution is 2.28. The van der Waals surface area contributed by atoms with Crippen molar-refractivity contribution in [1.29, 1.82) is 0 Å². The molecule has 0 N–H and O–H groups in total. The molecule has 0 bridgehead atoms. The van der Waals surface area contributed by atoms with Crippen LogP contribution in [0, 0.1) is 0 Å². The van der Waals surface area contributed by atoms with Crippen molar-refractivity contribution in [1.82, 2.24) is 4.31 Å². The van der Waals surface area contributed by atoms with Gasteiger partial charge in [-0.05, 0) is 31.0 Å². The Morgan fingerprint density at radius 3 is 2.42 bits per heavy atom. The highest BCUT2D eigenvalue weighted by Gasteiger charge is 2.14. The van der Waals surface area contributed by atoms with Crippen LogP contribution in [0.2, 0.25) is 0 Å². The molecule has 5 nitrogen and oxygen atoms in total. The second-order valence-corrected chi connectivity index (χ2v) is 6.57. The predicted octanol–water partition coefficient (Wildman–Crippen LogP) is 1.53. The molecule has 0 amide bonds. The van der Waals surface area contributed by atoms with Gasteiger partial charge in [0.25, 0.3) is 0 Å². The van der Waals surface area contributed by atoms with Gasteiger partial charge in [-0.25, -0.2) is 12.7 Å². The minimum absolute atomic E-state index is 0.0812. The molecule has 1 aromatic carbocycles. The third-order valence-electron chi connectivity index (χ3n) is 2.73. The maximum absolute atomic E-state index is 11.7. The molecule has 1 rings (SSSR count). The van der Waals surface area contributed by atoms with E-state index < -0.39 is 10.0 Å². The van der Waals surface area contributed by atoms with Crippen LogP contribution in [0.4, 0.5) is 0 Å². The first-order valence-electron chi connectivity index (χ1n) is 6.10. The van der Waals surface area contributed by atoms with Crippen LogP contribution >= 0.6 is 0 Å². The van der Waals surface area contributed by atoms with E-state index in [-0.39, 0.29) is 5.75 Å². The molecule has 0 aliphatic heterocycles. The minimum Gasteiger partial charge on any atom is -0.493 e. The predicted molar refractivity (Wildman–Crippen MR) is 75.3 cm³/mol. The third-order valence-corrected chi connectivity index (χ3v) is 4.57. The molecular formula is C13H21NO4S. The molecule has 0 aromatic heterocycles. The summed E-state index contributed by atoms with van der Waals surface area (Å²) in [5.41, 5.74) is 0.912. The average molecular weight is 287 g/mol. The molecule has 108 valence electrons. The zero-order valence-corrected chi connectivity index (χ0v) is 12.7. The molecule has 6 heteroatoms. The first kappa shape index (κ1) is 15.8. The van der Waals surface area contributed by atoms with E-state index in [1.54, 1.807) is 13.2 Å². The largest absolute Gasteiger partial charge is 0.493 e. The zero-order valence-electron chi connectivity index (χ0n) is 11.8. The lowest BCUT2D eigenvalue weighted by molar-refractivity contribution is 0.310. The summed E-state index contributed by atoms with van der Waals surface area (Å²) in [5, 5.41) is 0. The molecule has 0 saturated carbocycles. The number of methoxy groups -OCH3 is 1. The van der Waals surface area contributed by atoms with Gasteiger partial charge in [0.2, 0.25) is 10.0 Å². The van der Waals surface area contributed by atoms with Crippen molar-refractivity contribution < 1.29 is 17.9 Å². The molecule has 0 radical (unpaired) electrons. The minimum atomic E-state index is -3.18. The molecule has 0 saturated heterocycles. The molecule has 0 spiro atoms. The summed E-state index contributed by atoms with van der Waals surface area (Å²) < 4.78 is 35.3. The summed E-state index contributed by atoms with van der Waals surface area (Å²) in [7, 11) is 1.47. The zero-order chi connectivity index (χ0) is 14.5. The molecule has 0 heterocycles. The standard InChI is InChI=1S/C13H21NO4S/c1-5-18-13-10-11(6-7-12(13)17-4)8-9-19(15,16)14(2)3/h6-7,10H,5,8-9H2,1-4H3. The van der Waals surface area contributed by atoms with Crippen molar-refractivity contribution >= 4 is 10.0 Å². The van der Waals surface area contributed by atoms with Crippen molar-refractivity contribution in [2.75, 3.05) is 33.6 Å². The number of rotatable bonds is 7. The number of sulfonamides is 1. The summed E-state index contributed by atoms with van der Waals surface area (Å²) in [6, 6.07) is 5.47. The lowest BCUT2D eigenvalue weighted by atomic mass is 10.1. The molecular weight excluding hydrogens is 266 g/mol. The first-order valence-corrected chi connectivity index (χ1v) is 7.71. The summed E-state index contributed by atoms with van der Waals surface area (Å²) in [4.78, 5) is 0. The Morgan fingerprint density at radius 1 is 1.21 bits per heavy atom. The molecule has 0 aliphatic rings. The molecule has 0 fully saturated rings. The fourth-order valence-electron chi connectivity index (χ4n) is 1.57. The maximum atomic E-state index is 11.7. The SMILES string of the molecule is CCOc1cc(CCS(=O)(=O)N(C)C)ccc1OC. The van der Waals surface area contributed by atoms with Gasteiger partial charge in [-0.15, -0.1) is 0 Å². The van der Waals surface area contributed by atoms with E-state index >= 15 is 0 Å². The summed E-state index contributed by atoms with van der Waals surface area (Å²) >= 11 is 0. The van der Waals surface area contributed by atoms with Gasteiger partial charge in [0, 0.05) is 14.1 Å². The third kappa shape index (κ3) is 4.40. The topological polar surface area (TPSA) is 55.8 Å². The van der Waals surface area contributed by atoms with Crippen molar-refractivity contribution in [3.8, 4) is 11.5 Å². The van der Waals surface area contributed by atoms with E-state index in [1.165, 1.54) is 18.4 Å². The van der Waals surface area contributed by atoms with Gasteiger partial charge in [-0.2, -0.15) is 0 Å². The van der Waals surface area contributed by atoms with Gasteiger partial charge in [-0.1, -0.05) is 6.07 Å². The van der Waals surface area contributed by atoms with Crippen LogP contribution in [0.15, 0.2) is 18.2 Å². The van der Waals surface area contributed by atoms with E-state index in [4.69, 9.17) is 9.47 Å². The second kappa shape index (κ2) is 6.77. The van der Waals surface area contributed by atoms with Crippen LogP contribution in [-0.4, -0.2) is 46.3 Å². The van der Waals surface area contributed by atoms with Gasteiger partial charge in [0.1, 0.15) is 0 Å². The molecule has 1 aromatic rings. The quantitative estimate of drug-likeness (QED) is 0.763. The monoisotopic (exact) mass is 287 g/mol. The van der Waals surface area contributed by atoms with Crippen LogP contribution < -0.4 is 9.47 Å². The Kier molecular flexibility index (Phi) is 5.62. The summed E-state index contributed by atoms with van der Waals surface area (Å²) in [6.07, 6.45) is 0.449.